The number of hydrogen-bond acceptors (Lipinski definition) is 3. The van der Waals surface area contributed by atoms with Crippen LogP contribution in [-0.4, -0.2) is 51.0 Å². The summed E-state index contributed by atoms with van der Waals surface area (Å²) in [4.78, 5) is 11.8. The van der Waals surface area contributed by atoms with E-state index in [2.05, 4.69) is 27.9 Å². The number of nitrogens with zero attached hydrogens (tertiary/aromatic N) is 1. The van der Waals surface area contributed by atoms with Crippen molar-refractivity contribution in [1.82, 2.24) is 0 Å². The highest BCUT2D eigenvalue weighted by molar-refractivity contribution is 5.69. The summed E-state index contributed by atoms with van der Waals surface area (Å²) in [5, 5.41) is 0. The Morgan fingerprint density at radius 2 is 1.26 bits per heavy atom. The standard InChI is InChI=1S/C22H46NO3.ClH/c1-5-7-9-11-12-13-15-17-22(24)26-20-18-23(3,4)21-25-19-16-14-10-8-6-2;/h5-21H2,1-4H3;1H/q+1;/p-1. The normalized spacial score (nSPS) is 11.3. The smallest absolute Gasteiger partial charge is 0.305 e. The Bertz CT molecular complexity index is 325. The largest absolute Gasteiger partial charge is 1.00 e. The second-order valence-corrected chi connectivity index (χ2v) is 8.20. The van der Waals surface area contributed by atoms with Gasteiger partial charge < -0.3 is 26.4 Å². The number of ether oxygens (including phenoxy) is 2. The molecule has 0 aliphatic rings. The Labute approximate surface area is 175 Å². The van der Waals surface area contributed by atoms with Crippen molar-refractivity contribution in [3.63, 3.8) is 0 Å². The topological polar surface area (TPSA) is 35.5 Å². The minimum Gasteiger partial charge on any atom is -1.00 e. The fourth-order valence-corrected chi connectivity index (χ4v) is 2.89. The van der Waals surface area contributed by atoms with Crippen molar-refractivity contribution in [3.05, 3.63) is 0 Å². The molecule has 0 aromatic rings. The van der Waals surface area contributed by atoms with Crippen molar-refractivity contribution >= 4 is 5.97 Å². The highest BCUT2D eigenvalue weighted by Crippen LogP contribution is 2.09. The van der Waals surface area contributed by atoms with Crippen LogP contribution in [0, 0.1) is 0 Å². The van der Waals surface area contributed by atoms with Crippen molar-refractivity contribution < 1.29 is 31.2 Å². The number of likely N-dealkylation sites (N-methyl/N-ethyl adjacent to an activating group) is 1. The van der Waals surface area contributed by atoms with Crippen molar-refractivity contribution in [3.8, 4) is 0 Å². The van der Waals surface area contributed by atoms with Gasteiger partial charge >= 0.3 is 5.97 Å². The third-order valence-corrected chi connectivity index (χ3v) is 4.78. The summed E-state index contributed by atoms with van der Waals surface area (Å²) in [5.74, 6) is -0.0459. The highest BCUT2D eigenvalue weighted by Gasteiger charge is 2.16. The Kier molecular flexibility index (Phi) is 21.8. The predicted octanol–water partition coefficient (Wildman–Crippen LogP) is 2.70. The molecule has 0 unspecified atom stereocenters. The maximum Gasteiger partial charge on any atom is 0.305 e. The zero-order chi connectivity index (χ0) is 19.5. The lowest BCUT2D eigenvalue weighted by Gasteiger charge is -2.28. The van der Waals surface area contributed by atoms with Crippen molar-refractivity contribution in [2.45, 2.75) is 97.3 Å². The minimum atomic E-state index is -0.0459. The number of unbranched alkanes of at least 4 members (excludes halogenated alkanes) is 10. The van der Waals surface area contributed by atoms with Gasteiger partial charge in [-0.15, -0.1) is 0 Å². The molecule has 0 rings (SSSR count). The second kappa shape index (κ2) is 20.4. The van der Waals surface area contributed by atoms with E-state index in [1.165, 1.54) is 57.8 Å². The lowest BCUT2D eigenvalue weighted by atomic mass is 10.1. The lowest BCUT2D eigenvalue weighted by Crippen LogP contribution is -3.00. The van der Waals surface area contributed by atoms with Crippen LogP contribution in [0.25, 0.3) is 0 Å². The summed E-state index contributed by atoms with van der Waals surface area (Å²) < 4.78 is 11.9. The zero-order valence-corrected chi connectivity index (χ0v) is 19.3. The van der Waals surface area contributed by atoms with Crippen LogP contribution in [0.1, 0.15) is 97.3 Å². The number of halogens is 1. The lowest BCUT2D eigenvalue weighted by molar-refractivity contribution is -0.909. The Balaban J connectivity index is 0. The molecule has 0 spiro atoms. The van der Waals surface area contributed by atoms with Crippen LogP contribution < -0.4 is 12.4 Å². The van der Waals surface area contributed by atoms with Gasteiger partial charge in [0.1, 0.15) is 13.2 Å². The van der Waals surface area contributed by atoms with Crippen LogP contribution in [0.4, 0.5) is 0 Å². The van der Waals surface area contributed by atoms with Gasteiger partial charge in [-0.2, -0.15) is 0 Å². The molecular formula is C22H46ClNO3. The molecule has 5 heteroatoms. The van der Waals surface area contributed by atoms with Crippen LogP contribution >= 0.6 is 0 Å². The number of rotatable bonds is 19. The summed E-state index contributed by atoms with van der Waals surface area (Å²) in [7, 11) is 4.25. The second-order valence-electron chi connectivity index (χ2n) is 8.20. The molecule has 0 radical (unpaired) electrons. The molecule has 0 aromatic carbocycles. The maximum absolute atomic E-state index is 11.8. The molecule has 0 aromatic heterocycles. The number of carbonyl (C=O) groups excluding carboxylic acids is 1. The molecule has 0 atom stereocenters. The first-order valence-electron chi connectivity index (χ1n) is 11.1. The summed E-state index contributed by atoms with van der Waals surface area (Å²) in [5.41, 5.74) is 0. The number of carbonyl (C=O) groups is 1. The van der Waals surface area contributed by atoms with E-state index in [9.17, 15) is 4.79 Å². The fourth-order valence-electron chi connectivity index (χ4n) is 2.89. The average Bonchev–Trinajstić information content (AvgIpc) is 2.60. The number of quaternary nitrogens is 1. The van der Waals surface area contributed by atoms with Gasteiger partial charge in [0.05, 0.1) is 20.7 Å². The summed E-state index contributed by atoms with van der Waals surface area (Å²) >= 11 is 0. The zero-order valence-electron chi connectivity index (χ0n) is 18.6. The van der Waals surface area contributed by atoms with Gasteiger partial charge in [-0.05, 0) is 12.8 Å². The van der Waals surface area contributed by atoms with Crippen LogP contribution in [0.3, 0.4) is 0 Å². The van der Waals surface area contributed by atoms with Gasteiger partial charge in [0, 0.05) is 6.42 Å². The highest BCUT2D eigenvalue weighted by atomic mass is 35.5. The van der Waals surface area contributed by atoms with Crippen molar-refractivity contribution in [2.24, 2.45) is 0 Å². The molecule has 0 saturated carbocycles. The number of hydrogen-bond donors (Lipinski definition) is 0. The fraction of sp³-hybridized carbons (Fsp3) is 0.955. The Morgan fingerprint density at radius 1 is 0.741 bits per heavy atom. The molecule has 0 amide bonds. The average molecular weight is 408 g/mol. The summed E-state index contributed by atoms with van der Waals surface area (Å²) in [6.45, 7) is 7.28. The van der Waals surface area contributed by atoms with E-state index in [4.69, 9.17) is 9.47 Å². The van der Waals surface area contributed by atoms with Crippen LogP contribution in [0.5, 0.6) is 0 Å². The Morgan fingerprint density at radius 3 is 1.85 bits per heavy atom. The maximum atomic E-state index is 11.8. The first-order chi connectivity index (χ1) is 12.5. The quantitative estimate of drug-likeness (QED) is 0.143. The first-order valence-corrected chi connectivity index (χ1v) is 11.1. The van der Waals surface area contributed by atoms with Gasteiger partial charge in [0.2, 0.25) is 0 Å². The summed E-state index contributed by atoms with van der Waals surface area (Å²) in [6, 6.07) is 0. The van der Waals surface area contributed by atoms with Crippen LogP contribution in [-0.2, 0) is 14.3 Å². The van der Waals surface area contributed by atoms with E-state index in [1.807, 2.05) is 0 Å². The Hall–Kier alpha value is -0.320. The van der Waals surface area contributed by atoms with Gasteiger partial charge in [0.15, 0.2) is 6.73 Å². The molecule has 0 aliphatic heterocycles. The van der Waals surface area contributed by atoms with Gasteiger partial charge in [-0.1, -0.05) is 78.1 Å². The molecule has 0 saturated heterocycles. The van der Waals surface area contributed by atoms with Crippen molar-refractivity contribution in [1.29, 1.82) is 0 Å². The monoisotopic (exact) mass is 407 g/mol. The van der Waals surface area contributed by atoms with Gasteiger partial charge in [0.25, 0.3) is 0 Å². The van der Waals surface area contributed by atoms with E-state index < -0.39 is 0 Å². The third-order valence-electron chi connectivity index (χ3n) is 4.78. The minimum absolute atomic E-state index is 0. The van der Waals surface area contributed by atoms with E-state index >= 15 is 0 Å². The molecule has 0 N–H and O–H groups in total. The first kappa shape index (κ1) is 28.9. The molecular weight excluding hydrogens is 362 g/mol. The number of esters is 1. The van der Waals surface area contributed by atoms with Gasteiger partial charge in [-0.25, -0.2) is 0 Å². The van der Waals surface area contributed by atoms with E-state index in [0.717, 1.165) is 36.9 Å². The van der Waals surface area contributed by atoms with E-state index in [0.29, 0.717) is 19.8 Å². The van der Waals surface area contributed by atoms with Crippen LogP contribution in [0.2, 0.25) is 0 Å². The molecule has 0 bridgehead atoms. The molecule has 0 heterocycles. The third kappa shape index (κ3) is 21.8. The molecule has 0 fully saturated rings. The SMILES string of the molecule is CCCCCCCCCC(=O)OCC[N+](C)(C)COCCCCCCC.[Cl-]. The van der Waals surface area contributed by atoms with E-state index in [-0.39, 0.29) is 18.4 Å². The van der Waals surface area contributed by atoms with Crippen LogP contribution in [0.15, 0.2) is 0 Å². The van der Waals surface area contributed by atoms with Crippen molar-refractivity contribution in [2.75, 3.05) is 40.6 Å². The molecule has 0 aliphatic carbocycles. The molecule has 4 nitrogen and oxygen atoms in total. The van der Waals surface area contributed by atoms with E-state index in [1.54, 1.807) is 0 Å². The molecule has 164 valence electrons. The molecule has 27 heavy (non-hydrogen) atoms. The summed E-state index contributed by atoms with van der Waals surface area (Å²) in [6.07, 6.45) is 15.5. The van der Waals surface area contributed by atoms with Gasteiger partial charge in [-0.3, -0.25) is 4.79 Å². The predicted molar refractivity (Wildman–Crippen MR) is 110 cm³/mol.